The first-order valence-corrected chi connectivity index (χ1v) is 7.68. The molecule has 0 bridgehead atoms. The van der Waals surface area contributed by atoms with E-state index in [1.54, 1.807) is 17.4 Å². The summed E-state index contributed by atoms with van der Waals surface area (Å²) in [5.41, 5.74) is 0.0875. The van der Waals surface area contributed by atoms with Crippen LogP contribution in [0.2, 0.25) is 0 Å². The summed E-state index contributed by atoms with van der Waals surface area (Å²) in [6.45, 7) is 5.75. The number of piperidine rings is 1. The highest BCUT2D eigenvalue weighted by molar-refractivity contribution is 5.94. The molecule has 1 aliphatic heterocycles. The normalized spacial score (nSPS) is 19.4. The molecule has 1 N–H and O–H groups in total. The van der Waals surface area contributed by atoms with E-state index in [1.165, 1.54) is 25.0 Å². The Morgan fingerprint density at radius 3 is 2.65 bits per heavy atom. The first-order chi connectivity index (χ1) is 10.8. The molecule has 1 saturated heterocycles. The van der Waals surface area contributed by atoms with Crippen LogP contribution >= 0.6 is 0 Å². The Labute approximate surface area is 133 Å². The maximum atomic E-state index is 12.1. The second-order valence-electron chi connectivity index (χ2n) is 5.87. The van der Waals surface area contributed by atoms with Gasteiger partial charge in [-0.1, -0.05) is 6.92 Å². The van der Waals surface area contributed by atoms with E-state index in [0.29, 0.717) is 18.3 Å². The summed E-state index contributed by atoms with van der Waals surface area (Å²) in [5, 5.41) is 1.79. The predicted octanol–water partition coefficient (Wildman–Crippen LogP) is 3.30. The number of hydrogen-bond acceptors (Lipinski definition) is 3. The van der Waals surface area contributed by atoms with Crippen LogP contribution in [0.25, 0.3) is 0 Å². The number of likely N-dealkylation sites (tertiary alicyclic amines) is 1. The van der Waals surface area contributed by atoms with E-state index in [2.05, 4.69) is 11.8 Å². The minimum Gasteiger partial charge on any atom is -0.492 e. The Morgan fingerprint density at radius 1 is 1.35 bits per heavy atom. The van der Waals surface area contributed by atoms with Gasteiger partial charge in [0.25, 0.3) is 0 Å². The lowest BCUT2D eigenvalue weighted by Crippen LogP contribution is -2.37. The molecule has 7 heteroatoms. The smallest absolute Gasteiger partial charge is 0.471 e. The summed E-state index contributed by atoms with van der Waals surface area (Å²) >= 11 is 0. The fourth-order valence-electron chi connectivity index (χ4n) is 2.62. The van der Waals surface area contributed by atoms with Crippen molar-refractivity contribution < 1.29 is 22.7 Å². The zero-order valence-electron chi connectivity index (χ0n) is 13.0. The number of rotatable bonds is 5. The molecule has 4 nitrogen and oxygen atoms in total. The second-order valence-corrected chi connectivity index (χ2v) is 5.87. The summed E-state index contributed by atoms with van der Waals surface area (Å²) in [7, 11) is 0. The lowest BCUT2D eigenvalue weighted by atomic mass is 10.0. The predicted molar refractivity (Wildman–Crippen MR) is 81.5 cm³/mol. The summed E-state index contributed by atoms with van der Waals surface area (Å²) < 4.78 is 42.0. The molecule has 0 spiro atoms. The van der Waals surface area contributed by atoms with Gasteiger partial charge in [0, 0.05) is 18.8 Å². The lowest BCUT2D eigenvalue weighted by Gasteiger charge is -2.30. The number of benzene rings is 1. The van der Waals surface area contributed by atoms with Crippen LogP contribution in [-0.2, 0) is 4.79 Å². The number of anilines is 1. The topological polar surface area (TPSA) is 41.6 Å². The molecule has 1 aromatic rings. The van der Waals surface area contributed by atoms with Gasteiger partial charge in [-0.2, -0.15) is 13.2 Å². The summed E-state index contributed by atoms with van der Waals surface area (Å²) in [5.74, 6) is -0.703. The molecule has 1 aliphatic rings. The van der Waals surface area contributed by atoms with Crippen LogP contribution in [0.15, 0.2) is 24.3 Å². The number of carbonyl (C=O) groups is 1. The number of amides is 1. The van der Waals surface area contributed by atoms with Gasteiger partial charge in [0.15, 0.2) is 0 Å². The number of halogens is 3. The Hall–Kier alpha value is -1.76. The van der Waals surface area contributed by atoms with Gasteiger partial charge in [-0.25, -0.2) is 0 Å². The standard InChI is InChI=1S/C16H21F3N2O2/c1-12-3-2-8-21(11-12)9-10-23-14-6-4-13(5-7-14)20-15(22)16(17,18)19/h4-7,12H,2-3,8-11H2,1H3,(H,20,22)/t12-/m1/s1. The van der Waals surface area contributed by atoms with Crippen molar-refractivity contribution in [3.8, 4) is 5.75 Å². The van der Waals surface area contributed by atoms with Crippen molar-refractivity contribution in [2.75, 3.05) is 31.6 Å². The van der Waals surface area contributed by atoms with Gasteiger partial charge in [-0.05, 0) is 49.6 Å². The molecule has 0 saturated carbocycles. The van der Waals surface area contributed by atoms with Crippen molar-refractivity contribution in [1.29, 1.82) is 0 Å². The summed E-state index contributed by atoms with van der Waals surface area (Å²) in [6.07, 6.45) is -2.42. The maximum Gasteiger partial charge on any atom is 0.471 e. The number of hydrogen-bond donors (Lipinski definition) is 1. The average Bonchev–Trinajstić information content (AvgIpc) is 2.48. The molecule has 0 aromatic heterocycles. The third-order valence-corrected chi connectivity index (χ3v) is 3.79. The Balaban J connectivity index is 1.75. The highest BCUT2D eigenvalue weighted by atomic mass is 19.4. The van der Waals surface area contributed by atoms with Crippen LogP contribution < -0.4 is 10.1 Å². The second kappa shape index (κ2) is 7.68. The average molecular weight is 330 g/mol. The van der Waals surface area contributed by atoms with Crippen molar-refractivity contribution in [2.24, 2.45) is 5.92 Å². The number of alkyl halides is 3. The summed E-state index contributed by atoms with van der Waals surface area (Å²) in [6, 6.07) is 5.87. The largest absolute Gasteiger partial charge is 0.492 e. The van der Waals surface area contributed by atoms with Gasteiger partial charge in [0.1, 0.15) is 12.4 Å². The highest BCUT2D eigenvalue weighted by Crippen LogP contribution is 2.20. The van der Waals surface area contributed by atoms with E-state index in [-0.39, 0.29) is 5.69 Å². The number of carbonyl (C=O) groups excluding carboxylic acids is 1. The molecule has 2 rings (SSSR count). The van der Waals surface area contributed by atoms with Crippen molar-refractivity contribution in [2.45, 2.75) is 25.9 Å². The fraction of sp³-hybridized carbons (Fsp3) is 0.562. The third-order valence-electron chi connectivity index (χ3n) is 3.79. The molecule has 128 valence electrons. The van der Waals surface area contributed by atoms with Crippen LogP contribution in [0.5, 0.6) is 5.75 Å². The molecular weight excluding hydrogens is 309 g/mol. The van der Waals surface area contributed by atoms with Gasteiger partial charge in [-0.15, -0.1) is 0 Å². The van der Waals surface area contributed by atoms with Gasteiger partial charge >= 0.3 is 12.1 Å². The van der Waals surface area contributed by atoms with E-state index in [0.717, 1.165) is 19.6 Å². The molecule has 1 heterocycles. The molecule has 0 radical (unpaired) electrons. The number of ether oxygens (including phenoxy) is 1. The van der Waals surface area contributed by atoms with Gasteiger partial charge in [-0.3, -0.25) is 9.69 Å². The fourth-order valence-corrected chi connectivity index (χ4v) is 2.62. The maximum absolute atomic E-state index is 12.1. The zero-order valence-corrected chi connectivity index (χ0v) is 13.0. The number of nitrogens with zero attached hydrogens (tertiary/aromatic N) is 1. The summed E-state index contributed by atoms with van der Waals surface area (Å²) in [4.78, 5) is 13.2. The third kappa shape index (κ3) is 5.74. The molecule has 1 aromatic carbocycles. The Bertz CT molecular complexity index is 517. The zero-order chi connectivity index (χ0) is 16.9. The van der Waals surface area contributed by atoms with Crippen LogP contribution in [-0.4, -0.2) is 43.2 Å². The van der Waals surface area contributed by atoms with Crippen LogP contribution in [0.1, 0.15) is 19.8 Å². The highest BCUT2D eigenvalue weighted by Gasteiger charge is 2.38. The monoisotopic (exact) mass is 330 g/mol. The minimum absolute atomic E-state index is 0.0875. The van der Waals surface area contributed by atoms with Crippen molar-refractivity contribution in [1.82, 2.24) is 4.90 Å². The van der Waals surface area contributed by atoms with Crippen LogP contribution in [0, 0.1) is 5.92 Å². The quantitative estimate of drug-likeness (QED) is 0.901. The van der Waals surface area contributed by atoms with Gasteiger partial charge in [0.05, 0.1) is 0 Å². The molecule has 1 amide bonds. The molecular formula is C16H21F3N2O2. The van der Waals surface area contributed by atoms with Gasteiger partial charge < -0.3 is 10.1 Å². The minimum atomic E-state index is -4.89. The first kappa shape index (κ1) is 17.6. The first-order valence-electron chi connectivity index (χ1n) is 7.68. The molecule has 0 aliphatic carbocycles. The van der Waals surface area contributed by atoms with E-state index in [9.17, 15) is 18.0 Å². The van der Waals surface area contributed by atoms with Crippen LogP contribution in [0.3, 0.4) is 0 Å². The van der Waals surface area contributed by atoms with E-state index in [1.807, 2.05) is 0 Å². The van der Waals surface area contributed by atoms with Crippen molar-refractivity contribution in [3.05, 3.63) is 24.3 Å². The number of nitrogens with one attached hydrogen (secondary N) is 1. The van der Waals surface area contributed by atoms with E-state index >= 15 is 0 Å². The van der Waals surface area contributed by atoms with Crippen molar-refractivity contribution >= 4 is 11.6 Å². The Kier molecular flexibility index (Phi) is 5.87. The van der Waals surface area contributed by atoms with E-state index in [4.69, 9.17) is 4.74 Å². The van der Waals surface area contributed by atoms with E-state index < -0.39 is 12.1 Å². The molecule has 0 unspecified atom stereocenters. The van der Waals surface area contributed by atoms with Crippen molar-refractivity contribution in [3.63, 3.8) is 0 Å². The molecule has 1 fully saturated rings. The SMILES string of the molecule is C[C@@H]1CCCN(CCOc2ccc(NC(=O)C(F)(F)F)cc2)C1. The molecule has 1 atom stereocenters. The Morgan fingerprint density at radius 2 is 2.04 bits per heavy atom. The molecule has 23 heavy (non-hydrogen) atoms. The van der Waals surface area contributed by atoms with Gasteiger partial charge in [0.2, 0.25) is 0 Å². The van der Waals surface area contributed by atoms with Crippen LogP contribution in [0.4, 0.5) is 18.9 Å². The lowest BCUT2D eigenvalue weighted by molar-refractivity contribution is -0.167.